The van der Waals surface area contributed by atoms with E-state index < -0.39 is 6.10 Å². The molecule has 0 aliphatic heterocycles. The van der Waals surface area contributed by atoms with Gasteiger partial charge in [0.25, 0.3) is 0 Å². The lowest BCUT2D eigenvalue weighted by atomic mass is 9.79. The van der Waals surface area contributed by atoms with Crippen LogP contribution in [0.3, 0.4) is 0 Å². The molecule has 4 heteroatoms. The molecule has 90 valence electrons. The number of hydrogen-bond acceptors (Lipinski definition) is 3. The highest BCUT2D eigenvalue weighted by Crippen LogP contribution is 2.50. The standard InChI is InChI=1S/C12H18ClNOS/c1-8-2-3-12(5-8,7-14)11(15)10-4-9(13)6-16-10/h4,6,8,11,15H,2-3,5,7,14H2,1H3. The van der Waals surface area contributed by atoms with Crippen LogP contribution in [0.15, 0.2) is 11.4 Å². The number of aliphatic hydroxyl groups excluding tert-OH is 1. The summed E-state index contributed by atoms with van der Waals surface area (Å²) in [7, 11) is 0. The Morgan fingerprint density at radius 1 is 1.75 bits per heavy atom. The van der Waals surface area contributed by atoms with Crippen LogP contribution in [0.5, 0.6) is 0 Å². The summed E-state index contributed by atoms with van der Waals surface area (Å²) in [6.07, 6.45) is 2.73. The van der Waals surface area contributed by atoms with Crippen LogP contribution in [-0.4, -0.2) is 11.7 Å². The zero-order chi connectivity index (χ0) is 11.8. The highest BCUT2D eigenvalue weighted by molar-refractivity contribution is 7.10. The zero-order valence-corrected chi connectivity index (χ0v) is 11.0. The predicted octanol–water partition coefficient (Wildman–Crippen LogP) is 3.20. The van der Waals surface area contributed by atoms with E-state index in [2.05, 4.69) is 6.92 Å². The number of hydrogen-bond donors (Lipinski definition) is 2. The molecule has 1 saturated carbocycles. The fourth-order valence-electron chi connectivity index (χ4n) is 2.75. The van der Waals surface area contributed by atoms with Crippen molar-refractivity contribution in [3.8, 4) is 0 Å². The van der Waals surface area contributed by atoms with Crippen LogP contribution >= 0.6 is 22.9 Å². The van der Waals surface area contributed by atoms with Crippen molar-refractivity contribution in [3.05, 3.63) is 21.3 Å². The first kappa shape index (κ1) is 12.4. The van der Waals surface area contributed by atoms with Crippen molar-refractivity contribution in [3.63, 3.8) is 0 Å². The lowest BCUT2D eigenvalue weighted by molar-refractivity contribution is 0.0336. The minimum Gasteiger partial charge on any atom is -0.387 e. The molecule has 0 radical (unpaired) electrons. The van der Waals surface area contributed by atoms with Crippen molar-refractivity contribution >= 4 is 22.9 Å². The third-order valence-corrected chi connectivity index (χ3v) is 5.07. The van der Waals surface area contributed by atoms with Crippen LogP contribution in [0.4, 0.5) is 0 Å². The first-order valence-electron chi connectivity index (χ1n) is 5.69. The van der Waals surface area contributed by atoms with Crippen molar-refractivity contribution in [2.24, 2.45) is 17.1 Å². The molecule has 1 aromatic heterocycles. The summed E-state index contributed by atoms with van der Waals surface area (Å²) < 4.78 is 0. The molecule has 16 heavy (non-hydrogen) atoms. The first-order valence-corrected chi connectivity index (χ1v) is 6.95. The van der Waals surface area contributed by atoms with Crippen LogP contribution in [0.25, 0.3) is 0 Å². The Morgan fingerprint density at radius 3 is 2.94 bits per heavy atom. The van der Waals surface area contributed by atoms with Gasteiger partial charge in [0, 0.05) is 22.2 Å². The monoisotopic (exact) mass is 259 g/mol. The van der Waals surface area contributed by atoms with Crippen molar-refractivity contribution in [1.82, 2.24) is 0 Å². The van der Waals surface area contributed by atoms with Crippen molar-refractivity contribution < 1.29 is 5.11 Å². The van der Waals surface area contributed by atoms with Gasteiger partial charge in [-0.2, -0.15) is 0 Å². The van der Waals surface area contributed by atoms with E-state index >= 15 is 0 Å². The molecule has 3 unspecified atom stereocenters. The highest BCUT2D eigenvalue weighted by Gasteiger charge is 2.43. The normalized spacial score (nSPS) is 31.9. The van der Waals surface area contributed by atoms with Gasteiger partial charge in [-0.1, -0.05) is 24.9 Å². The molecule has 1 fully saturated rings. The summed E-state index contributed by atoms with van der Waals surface area (Å²) in [5.74, 6) is 0.661. The molecule has 3 N–H and O–H groups in total. The fraction of sp³-hybridized carbons (Fsp3) is 0.667. The smallest absolute Gasteiger partial charge is 0.0950 e. The topological polar surface area (TPSA) is 46.2 Å². The molecule has 0 saturated heterocycles. The van der Waals surface area contributed by atoms with E-state index in [4.69, 9.17) is 17.3 Å². The molecule has 2 rings (SSSR count). The van der Waals surface area contributed by atoms with E-state index in [1.54, 1.807) is 0 Å². The maximum absolute atomic E-state index is 10.5. The van der Waals surface area contributed by atoms with Crippen molar-refractivity contribution in [2.45, 2.75) is 32.3 Å². The largest absolute Gasteiger partial charge is 0.387 e. The van der Waals surface area contributed by atoms with E-state index in [0.29, 0.717) is 17.5 Å². The quantitative estimate of drug-likeness (QED) is 0.876. The fourth-order valence-corrected chi connectivity index (χ4v) is 3.96. The summed E-state index contributed by atoms with van der Waals surface area (Å²) in [5, 5.41) is 13.0. The lowest BCUT2D eigenvalue weighted by Crippen LogP contribution is -2.34. The van der Waals surface area contributed by atoms with Crippen LogP contribution in [0.2, 0.25) is 5.02 Å². The van der Waals surface area contributed by atoms with E-state index in [0.717, 1.165) is 24.1 Å². The minimum atomic E-state index is -0.458. The third kappa shape index (κ3) is 2.14. The van der Waals surface area contributed by atoms with E-state index in [-0.39, 0.29) is 5.41 Å². The Morgan fingerprint density at radius 2 is 2.50 bits per heavy atom. The second kappa shape index (κ2) is 4.65. The molecular weight excluding hydrogens is 242 g/mol. The van der Waals surface area contributed by atoms with E-state index in [1.165, 1.54) is 11.3 Å². The number of rotatable bonds is 3. The Hall–Kier alpha value is -0.0900. The summed E-state index contributed by atoms with van der Waals surface area (Å²) in [6, 6.07) is 1.86. The molecule has 0 bridgehead atoms. The number of thiophene rings is 1. The van der Waals surface area contributed by atoms with Gasteiger partial charge in [0.1, 0.15) is 0 Å². The maximum Gasteiger partial charge on any atom is 0.0950 e. The predicted molar refractivity (Wildman–Crippen MR) is 68.8 cm³/mol. The highest BCUT2D eigenvalue weighted by atomic mass is 35.5. The third-order valence-electron chi connectivity index (χ3n) is 3.73. The van der Waals surface area contributed by atoms with Crippen LogP contribution < -0.4 is 5.73 Å². The molecule has 1 aliphatic rings. The van der Waals surface area contributed by atoms with Gasteiger partial charge in [-0.25, -0.2) is 0 Å². The van der Waals surface area contributed by atoms with Crippen LogP contribution in [-0.2, 0) is 0 Å². The SMILES string of the molecule is CC1CCC(CN)(C(O)c2cc(Cl)cs2)C1. The Kier molecular flexibility index (Phi) is 3.59. The van der Waals surface area contributed by atoms with Crippen molar-refractivity contribution in [1.29, 1.82) is 0 Å². The van der Waals surface area contributed by atoms with Crippen LogP contribution in [0, 0.1) is 11.3 Å². The van der Waals surface area contributed by atoms with E-state index in [9.17, 15) is 5.11 Å². The lowest BCUT2D eigenvalue weighted by Gasteiger charge is -2.32. The van der Waals surface area contributed by atoms with Gasteiger partial charge in [-0.3, -0.25) is 0 Å². The Balaban J connectivity index is 2.22. The van der Waals surface area contributed by atoms with Gasteiger partial charge in [-0.05, 0) is 24.8 Å². The molecule has 0 amide bonds. The summed E-state index contributed by atoms with van der Waals surface area (Å²) >= 11 is 7.42. The van der Waals surface area contributed by atoms with Gasteiger partial charge in [-0.15, -0.1) is 11.3 Å². The molecular formula is C12H18ClNOS. The summed E-state index contributed by atoms with van der Waals surface area (Å²) in [5.41, 5.74) is 5.76. The van der Waals surface area contributed by atoms with Crippen molar-refractivity contribution in [2.75, 3.05) is 6.54 Å². The minimum absolute atomic E-state index is 0.131. The second-order valence-electron chi connectivity index (χ2n) is 4.98. The van der Waals surface area contributed by atoms with Crippen LogP contribution in [0.1, 0.15) is 37.2 Å². The first-order chi connectivity index (χ1) is 7.57. The summed E-state index contributed by atoms with van der Waals surface area (Å²) in [6.45, 7) is 2.78. The van der Waals surface area contributed by atoms with Gasteiger partial charge in [0.05, 0.1) is 11.1 Å². The maximum atomic E-state index is 10.5. The Labute approximate surface area is 105 Å². The molecule has 1 aromatic rings. The molecule has 0 spiro atoms. The zero-order valence-electron chi connectivity index (χ0n) is 9.45. The average molecular weight is 260 g/mol. The molecule has 1 aliphatic carbocycles. The van der Waals surface area contributed by atoms with Gasteiger partial charge in [0.15, 0.2) is 0 Å². The summed E-state index contributed by atoms with van der Waals surface area (Å²) in [4.78, 5) is 0.949. The molecule has 2 nitrogen and oxygen atoms in total. The van der Waals surface area contributed by atoms with Gasteiger partial charge >= 0.3 is 0 Å². The van der Waals surface area contributed by atoms with E-state index in [1.807, 2.05) is 11.4 Å². The number of halogens is 1. The second-order valence-corrected chi connectivity index (χ2v) is 6.36. The molecule has 0 aromatic carbocycles. The number of aliphatic hydroxyl groups is 1. The molecule has 3 atom stereocenters. The Bertz CT molecular complexity index is 368. The van der Waals surface area contributed by atoms with Gasteiger partial charge in [0.2, 0.25) is 0 Å². The number of nitrogens with two attached hydrogens (primary N) is 1. The molecule has 1 heterocycles. The van der Waals surface area contributed by atoms with Gasteiger partial charge < -0.3 is 10.8 Å². The average Bonchev–Trinajstić information content (AvgIpc) is 2.85.